The van der Waals surface area contributed by atoms with Crippen molar-refractivity contribution in [1.82, 2.24) is 10.6 Å². The van der Waals surface area contributed by atoms with Crippen molar-refractivity contribution in [2.24, 2.45) is 23.3 Å². The lowest BCUT2D eigenvalue weighted by atomic mass is 10.1. The van der Waals surface area contributed by atoms with Crippen LogP contribution in [0.3, 0.4) is 0 Å². The molecule has 2 atom stereocenters. The first-order valence-electron chi connectivity index (χ1n) is 9.11. The molecule has 11 heteroatoms. The number of ether oxygens (including phenoxy) is 1. The summed E-state index contributed by atoms with van der Waals surface area (Å²) in [7, 11) is 0. The second-order valence-corrected chi connectivity index (χ2v) is 8.24. The number of nitrogens with two attached hydrogens (primary N) is 2. The Morgan fingerprint density at radius 2 is 1.40 bits per heavy atom. The minimum absolute atomic E-state index is 0.123. The number of carbonyl (C=O) groups is 5. The van der Waals surface area contributed by atoms with Gasteiger partial charge >= 0.3 is 18.0 Å². The van der Waals surface area contributed by atoms with E-state index in [1.165, 1.54) is 6.07 Å². The first kappa shape index (κ1) is 25.0. The number of rotatable bonds is 8. The van der Waals surface area contributed by atoms with Gasteiger partial charge in [0, 0.05) is 4.90 Å². The number of primary amides is 2. The molecule has 6 amide bonds. The number of hydrogen-bond acceptors (Lipinski definition) is 7. The second-order valence-electron chi connectivity index (χ2n) is 7.06. The Bertz CT molecular complexity index is 827. The van der Waals surface area contributed by atoms with E-state index in [1.807, 2.05) is 10.6 Å². The highest BCUT2D eigenvalue weighted by Crippen LogP contribution is 2.31. The summed E-state index contributed by atoms with van der Waals surface area (Å²) in [4.78, 5) is 59.6. The molecule has 0 saturated heterocycles. The largest absolute Gasteiger partial charge is 0.448 e. The van der Waals surface area contributed by atoms with Crippen LogP contribution in [0.15, 0.2) is 29.2 Å². The van der Waals surface area contributed by atoms with Gasteiger partial charge in [0.2, 0.25) is 5.91 Å². The number of imide groups is 2. The average Bonchev–Trinajstić information content (AvgIpc) is 2.62. The fourth-order valence-electron chi connectivity index (χ4n) is 2.42. The quantitative estimate of drug-likeness (QED) is 0.351. The summed E-state index contributed by atoms with van der Waals surface area (Å²) in [5, 5.41) is 3.22. The van der Waals surface area contributed by atoms with Crippen LogP contribution in [0, 0.1) is 11.8 Å². The van der Waals surface area contributed by atoms with E-state index < -0.39 is 47.1 Å². The first-order chi connectivity index (χ1) is 13.9. The van der Waals surface area contributed by atoms with Crippen molar-refractivity contribution >= 4 is 41.6 Å². The van der Waals surface area contributed by atoms with Crippen LogP contribution in [-0.4, -0.2) is 41.2 Å². The Labute approximate surface area is 178 Å². The molecule has 0 aliphatic rings. The molecule has 10 nitrogen and oxygen atoms in total. The van der Waals surface area contributed by atoms with Crippen molar-refractivity contribution in [3.8, 4) is 0 Å². The third kappa shape index (κ3) is 7.39. The van der Waals surface area contributed by atoms with E-state index in [1.54, 1.807) is 45.9 Å². The van der Waals surface area contributed by atoms with Crippen molar-refractivity contribution in [3.63, 3.8) is 0 Å². The smallest absolute Gasteiger partial charge is 0.340 e. The summed E-state index contributed by atoms with van der Waals surface area (Å²) < 4.78 is 5.32. The van der Waals surface area contributed by atoms with Crippen LogP contribution in [0.1, 0.15) is 38.1 Å². The molecule has 0 aliphatic carbocycles. The molecule has 1 rings (SSSR count). The standard InChI is InChI=1S/C19H26N4O6S/c1-9(2)13(15(24)22-18(20)27)29-17(26)11-7-5-6-8-12(11)30-14(10(3)4)16(25)23-19(21)28/h5-10,13-14H,1-4H3,(H3,20,22,24,27)(H3,21,23,25,28)/t13-,14-/m1/s1. The van der Waals surface area contributed by atoms with Crippen molar-refractivity contribution in [1.29, 1.82) is 0 Å². The number of urea groups is 2. The van der Waals surface area contributed by atoms with Gasteiger partial charge in [0.15, 0.2) is 6.10 Å². The predicted octanol–water partition coefficient (Wildman–Crippen LogP) is 1.37. The van der Waals surface area contributed by atoms with Crippen LogP contribution in [-0.2, 0) is 14.3 Å². The minimum atomic E-state index is -1.25. The van der Waals surface area contributed by atoms with Gasteiger partial charge in [-0.15, -0.1) is 11.8 Å². The number of thioether (sulfide) groups is 1. The Balaban J connectivity index is 3.12. The third-order valence-electron chi connectivity index (χ3n) is 3.82. The highest BCUT2D eigenvalue weighted by atomic mass is 32.2. The van der Waals surface area contributed by atoms with Gasteiger partial charge < -0.3 is 16.2 Å². The van der Waals surface area contributed by atoms with E-state index in [0.717, 1.165) is 11.8 Å². The molecule has 30 heavy (non-hydrogen) atoms. The van der Waals surface area contributed by atoms with E-state index in [4.69, 9.17) is 16.2 Å². The molecule has 0 radical (unpaired) electrons. The van der Waals surface area contributed by atoms with Crippen LogP contribution >= 0.6 is 11.8 Å². The summed E-state index contributed by atoms with van der Waals surface area (Å²) in [6.45, 7) is 6.84. The molecule has 0 aliphatic heterocycles. The number of carbonyl (C=O) groups excluding carboxylic acids is 5. The zero-order valence-electron chi connectivity index (χ0n) is 17.1. The molecule has 6 N–H and O–H groups in total. The van der Waals surface area contributed by atoms with Crippen molar-refractivity contribution in [2.45, 2.75) is 43.9 Å². The molecule has 0 saturated carbocycles. The highest BCUT2D eigenvalue weighted by molar-refractivity contribution is 8.00. The third-order valence-corrected chi connectivity index (χ3v) is 5.44. The Kier molecular flexibility index (Phi) is 9.31. The first-order valence-corrected chi connectivity index (χ1v) is 9.99. The monoisotopic (exact) mass is 438 g/mol. The Morgan fingerprint density at radius 3 is 1.90 bits per heavy atom. The molecule has 0 bridgehead atoms. The SMILES string of the molecule is CC(C)[C@@H](OC(=O)c1ccccc1S[C@@H](C(=O)NC(N)=O)C(C)C)C(=O)NC(N)=O. The zero-order chi connectivity index (χ0) is 23.0. The van der Waals surface area contributed by atoms with E-state index in [-0.39, 0.29) is 11.5 Å². The number of hydrogen-bond donors (Lipinski definition) is 4. The van der Waals surface area contributed by atoms with Gasteiger partial charge in [0.05, 0.1) is 10.8 Å². The molecule has 164 valence electrons. The number of benzene rings is 1. The summed E-state index contributed by atoms with van der Waals surface area (Å²) in [6.07, 6.45) is -1.25. The molecular formula is C19H26N4O6S. The van der Waals surface area contributed by atoms with Crippen molar-refractivity contribution in [3.05, 3.63) is 29.8 Å². The van der Waals surface area contributed by atoms with Crippen LogP contribution in [0.25, 0.3) is 0 Å². The normalized spacial score (nSPS) is 12.7. The molecule has 1 aromatic rings. The Hall–Kier alpha value is -3.08. The maximum absolute atomic E-state index is 12.8. The summed E-state index contributed by atoms with van der Waals surface area (Å²) in [6, 6.07) is 4.33. The number of esters is 1. The lowest BCUT2D eigenvalue weighted by Crippen LogP contribution is -2.45. The lowest BCUT2D eigenvalue weighted by Gasteiger charge is -2.22. The summed E-state index contributed by atoms with van der Waals surface area (Å²) in [5.41, 5.74) is 10.1. The predicted molar refractivity (Wildman–Crippen MR) is 110 cm³/mol. The molecule has 0 heterocycles. The van der Waals surface area contributed by atoms with Crippen molar-refractivity contribution < 1.29 is 28.7 Å². The van der Waals surface area contributed by atoms with E-state index in [9.17, 15) is 24.0 Å². The minimum Gasteiger partial charge on any atom is -0.448 e. The molecule has 1 aromatic carbocycles. The van der Waals surface area contributed by atoms with Gasteiger partial charge in [-0.25, -0.2) is 14.4 Å². The van der Waals surface area contributed by atoms with Crippen LogP contribution in [0.5, 0.6) is 0 Å². The summed E-state index contributed by atoms with van der Waals surface area (Å²) >= 11 is 1.06. The number of nitrogens with one attached hydrogen (secondary N) is 2. The molecule has 0 unspecified atom stereocenters. The van der Waals surface area contributed by atoms with Gasteiger partial charge in [0.1, 0.15) is 0 Å². The fraction of sp³-hybridized carbons (Fsp3) is 0.421. The van der Waals surface area contributed by atoms with Gasteiger partial charge in [0.25, 0.3) is 5.91 Å². The maximum atomic E-state index is 12.8. The molecular weight excluding hydrogens is 412 g/mol. The lowest BCUT2D eigenvalue weighted by molar-refractivity contribution is -0.131. The number of amides is 6. The van der Waals surface area contributed by atoms with Gasteiger partial charge in [-0.1, -0.05) is 39.8 Å². The Morgan fingerprint density at radius 1 is 0.867 bits per heavy atom. The van der Waals surface area contributed by atoms with Crippen LogP contribution in [0.4, 0.5) is 9.59 Å². The molecule has 0 spiro atoms. The van der Waals surface area contributed by atoms with E-state index in [2.05, 4.69) is 0 Å². The second kappa shape index (κ2) is 11.2. The average molecular weight is 439 g/mol. The van der Waals surface area contributed by atoms with Gasteiger partial charge in [-0.2, -0.15) is 0 Å². The van der Waals surface area contributed by atoms with E-state index in [0.29, 0.717) is 4.90 Å². The molecule has 0 aromatic heterocycles. The van der Waals surface area contributed by atoms with Crippen LogP contribution < -0.4 is 22.1 Å². The highest BCUT2D eigenvalue weighted by Gasteiger charge is 2.30. The molecule has 0 fully saturated rings. The summed E-state index contributed by atoms with van der Waals surface area (Å²) in [5.74, 6) is -2.86. The zero-order valence-corrected chi connectivity index (χ0v) is 17.9. The maximum Gasteiger partial charge on any atom is 0.340 e. The van der Waals surface area contributed by atoms with Crippen molar-refractivity contribution in [2.75, 3.05) is 0 Å². The van der Waals surface area contributed by atoms with Crippen LogP contribution in [0.2, 0.25) is 0 Å². The fourth-order valence-corrected chi connectivity index (χ4v) is 3.57. The van der Waals surface area contributed by atoms with Gasteiger partial charge in [-0.3, -0.25) is 20.2 Å². The van der Waals surface area contributed by atoms with E-state index >= 15 is 0 Å². The van der Waals surface area contributed by atoms with Gasteiger partial charge in [-0.05, 0) is 24.0 Å². The topological polar surface area (TPSA) is 171 Å².